The molecule has 0 saturated carbocycles. The van der Waals surface area contributed by atoms with Crippen LogP contribution in [0.15, 0.2) is 30.4 Å². The Bertz CT molecular complexity index is 851. The Balaban J connectivity index is 2.02. The molecular weight excluding hydrogens is 444 g/mol. The number of fused-ring (bicyclic) bond motifs is 2. The van der Waals surface area contributed by atoms with Gasteiger partial charge in [-0.3, -0.25) is 0 Å². The molecule has 3 rings (SSSR count). The predicted octanol–water partition coefficient (Wildman–Crippen LogP) is 3.29. The maximum atomic E-state index is 11.0. The first-order valence-electron chi connectivity index (χ1n) is 11.4. The number of hydrogen-bond acceptors (Lipinski definition) is 9. The zero-order chi connectivity index (χ0) is 24.7. The summed E-state index contributed by atoms with van der Waals surface area (Å²) in [6.45, 7) is 5.53. The van der Waals surface area contributed by atoms with E-state index in [9.17, 15) is 10.2 Å². The second-order valence-electron chi connectivity index (χ2n) is 8.76. The zero-order valence-electron chi connectivity index (χ0n) is 20.4. The Labute approximate surface area is 200 Å². The van der Waals surface area contributed by atoms with Crippen LogP contribution < -0.4 is 9.47 Å². The number of hydrogen-bond donors (Lipinski definition) is 2. The normalized spacial score (nSPS) is 30.1. The van der Waals surface area contributed by atoms with Gasteiger partial charge in [-0.2, -0.15) is 0 Å². The largest absolute Gasteiger partial charge is 0.467 e. The molecule has 2 aliphatic rings. The van der Waals surface area contributed by atoms with E-state index >= 15 is 0 Å². The van der Waals surface area contributed by atoms with Gasteiger partial charge in [0.25, 0.3) is 0 Å². The molecule has 0 amide bonds. The van der Waals surface area contributed by atoms with E-state index in [0.29, 0.717) is 35.5 Å². The second kappa shape index (κ2) is 12.1. The summed E-state index contributed by atoms with van der Waals surface area (Å²) in [6, 6.07) is 3.43. The van der Waals surface area contributed by atoms with Crippen molar-refractivity contribution < 1.29 is 43.4 Å². The molecule has 0 aromatic heterocycles. The van der Waals surface area contributed by atoms with E-state index in [1.165, 1.54) is 14.2 Å². The highest BCUT2D eigenvalue weighted by molar-refractivity contribution is 5.61. The first-order chi connectivity index (χ1) is 16.2. The summed E-state index contributed by atoms with van der Waals surface area (Å²) < 4.78 is 39.3. The van der Waals surface area contributed by atoms with E-state index in [1.807, 2.05) is 39.0 Å². The standard InChI is InChI=1S/C25H36O9/c1-16-8-6-10-19(26)23-20(33-25(2,3)34-23)11-7-9-17-12-18(30-14-28-4)13-21(31-15-29-5)22(17)24(27)32-16/h6-7,9-10,12-13,16,19-20,23-24,26-27H,8,11,14-15H2,1-5H3/b9-7?,10-6-/t16-,19?,20-,23+,24?/m0/s1. The molecule has 1 aromatic rings. The smallest absolute Gasteiger partial charge is 0.188 e. The number of rotatable bonds is 6. The highest BCUT2D eigenvalue weighted by Gasteiger charge is 2.43. The Morgan fingerprint density at radius 1 is 1.00 bits per heavy atom. The van der Waals surface area contributed by atoms with Gasteiger partial charge in [-0.25, -0.2) is 0 Å². The van der Waals surface area contributed by atoms with Gasteiger partial charge in [0, 0.05) is 20.3 Å². The summed E-state index contributed by atoms with van der Waals surface area (Å²) in [5.41, 5.74) is 1.09. The number of benzene rings is 1. The topological polar surface area (TPSA) is 105 Å². The molecule has 0 bridgehead atoms. The van der Waals surface area contributed by atoms with Crippen LogP contribution in [0.25, 0.3) is 6.08 Å². The first kappa shape index (κ1) is 26.6. The molecule has 1 fully saturated rings. The third-order valence-corrected chi connectivity index (χ3v) is 5.46. The Kier molecular flexibility index (Phi) is 9.49. The fraction of sp³-hybridized carbons (Fsp3) is 0.600. The van der Waals surface area contributed by atoms with Gasteiger partial charge < -0.3 is 43.4 Å². The molecule has 1 aromatic carbocycles. The average Bonchev–Trinajstić information content (AvgIpc) is 3.09. The zero-order valence-corrected chi connectivity index (χ0v) is 20.4. The van der Waals surface area contributed by atoms with Crippen molar-refractivity contribution in [1.82, 2.24) is 0 Å². The van der Waals surface area contributed by atoms with Crippen LogP contribution >= 0.6 is 0 Å². The van der Waals surface area contributed by atoms with Gasteiger partial charge >= 0.3 is 0 Å². The van der Waals surface area contributed by atoms with E-state index in [4.69, 9.17) is 33.2 Å². The van der Waals surface area contributed by atoms with Gasteiger partial charge in [0.05, 0.1) is 17.8 Å². The average molecular weight is 481 g/mol. The summed E-state index contributed by atoms with van der Waals surface area (Å²) in [4.78, 5) is 0. The molecule has 2 aliphatic heterocycles. The molecule has 34 heavy (non-hydrogen) atoms. The van der Waals surface area contributed by atoms with E-state index in [0.717, 1.165) is 0 Å². The van der Waals surface area contributed by atoms with Crippen LogP contribution in [0.5, 0.6) is 11.5 Å². The van der Waals surface area contributed by atoms with Gasteiger partial charge in [0.1, 0.15) is 23.7 Å². The molecule has 9 nitrogen and oxygen atoms in total. The van der Waals surface area contributed by atoms with Crippen LogP contribution in [0.2, 0.25) is 0 Å². The minimum Gasteiger partial charge on any atom is -0.467 e. The molecular formula is C25H36O9. The monoisotopic (exact) mass is 480 g/mol. The van der Waals surface area contributed by atoms with Crippen molar-refractivity contribution in [3.8, 4) is 11.5 Å². The lowest BCUT2D eigenvalue weighted by atomic mass is 10.0. The maximum Gasteiger partial charge on any atom is 0.188 e. The third kappa shape index (κ3) is 7.02. The molecule has 0 radical (unpaired) electrons. The van der Waals surface area contributed by atoms with Gasteiger partial charge in [0.15, 0.2) is 25.7 Å². The van der Waals surface area contributed by atoms with Crippen molar-refractivity contribution in [2.45, 2.75) is 70.1 Å². The Morgan fingerprint density at radius 2 is 1.74 bits per heavy atom. The van der Waals surface area contributed by atoms with E-state index in [1.54, 1.807) is 18.2 Å². The lowest BCUT2D eigenvalue weighted by Crippen LogP contribution is -2.34. The van der Waals surface area contributed by atoms with Crippen LogP contribution in [0.4, 0.5) is 0 Å². The SMILES string of the molecule is COCOc1cc2c(c(OCOC)c1)C(O)O[C@@H](C)C/C=C\C(O)[C@H]1OC(C)(C)O[C@H]1CC=C2. The quantitative estimate of drug-likeness (QED) is 0.469. The van der Waals surface area contributed by atoms with E-state index in [2.05, 4.69) is 0 Å². The fourth-order valence-electron chi connectivity index (χ4n) is 4.00. The molecule has 0 aliphatic carbocycles. The molecule has 5 atom stereocenters. The number of aliphatic hydroxyl groups is 2. The van der Waals surface area contributed by atoms with Crippen molar-refractivity contribution in [3.05, 3.63) is 41.5 Å². The Morgan fingerprint density at radius 3 is 2.47 bits per heavy atom. The maximum absolute atomic E-state index is 11.0. The van der Waals surface area contributed by atoms with Crippen LogP contribution in [0, 0.1) is 0 Å². The minimum absolute atomic E-state index is 0.0171. The predicted molar refractivity (Wildman–Crippen MR) is 124 cm³/mol. The van der Waals surface area contributed by atoms with Crippen LogP contribution in [-0.4, -0.2) is 68.2 Å². The van der Waals surface area contributed by atoms with E-state index < -0.39 is 24.3 Å². The number of methoxy groups -OCH3 is 2. The van der Waals surface area contributed by atoms with Gasteiger partial charge in [-0.15, -0.1) is 0 Å². The highest BCUT2D eigenvalue weighted by atomic mass is 16.8. The summed E-state index contributed by atoms with van der Waals surface area (Å²) in [5.74, 6) is 0.0570. The lowest BCUT2D eigenvalue weighted by molar-refractivity contribution is -0.152. The first-order valence-corrected chi connectivity index (χ1v) is 11.4. The van der Waals surface area contributed by atoms with Crippen molar-refractivity contribution in [3.63, 3.8) is 0 Å². The van der Waals surface area contributed by atoms with Crippen molar-refractivity contribution in [1.29, 1.82) is 0 Å². The Hall–Kier alpha value is -1.98. The summed E-state index contributed by atoms with van der Waals surface area (Å²) >= 11 is 0. The highest BCUT2D eigenvalue weighted by Crippen LogP contribution is 2.37. The molecule has 0 spiro atoms. The molecule has 2 N–H and O–H groups in total. The number of aliphatic hydroxyl groups excluding tert-OH is 2. The van der Waals surface area contributed by atoms with Crippen LogP contribution in [0.3, 0.4) is 0 Å². The summed E-state index contributed by atoms with van der Waals surface area (Å²) in [5, 5.41) is 21.7. The molecule has 1 saturated heterocycles. The molecule has 2 unspecified atom stereocenters. The molecule has 2 heterocycles. The third-order valence-electron chi connectivity index (χ3n) is 5.46. The second-order valence-corrected chi connectivity index (χ2v) is 8.76. The van der Waals surface area contributed by atoms with E-state index in [-0.39, 0.29) is 25.8 Å². The van der Waals surface area contributed by atoms with Crippen molar-refractivity contribution >= 4 is 6.08 Å². The van der Waals surface area contributed by atoms with Crippen LogP contribution in [0.1, 0.15) is 51.0 Å². The summed E-state index contributed by atoms with van der Waals surface area (Å²) in [6.07, 6.45) is 4.88. The molecule has 190 valence electrons. The minimum atomic E-state index is -1.27. The fourth-order valence-corrected chi connectivity index (χ4v) is 4.00. The van der Waals surface area contributed by atoms with Gasteiger partial charge in [-0.1, -0.05) is 24.3 Å². The van der Waals surface area contributed by atoms with Crippen molar-refractivity contribution in [2.24, 2.45) is 0 Å². The molecule has 9 heteroatoms. The van der Waals surface area contributed by atoms with Gasteiger partial charge in [0.2, 0.25) is 0 Å². The van der Waals surface area contributed by atoms with Crippen LogP contribution in [-0.2, 0) is 23.7 Å². The summed E-state index contributed by atoms with van der Waals surface area (Å²) in [7, 11) is 3.05. The lowest BCUT2D eigenvalue weighted by Gasteiger charge is -2.23. The number of ether oxygens (including phenoxy) is 7. The van der Waals surface area contributed by atoms with Crippen molar-refractivity contribution in [2.75, 3.05) is 27.8 Å². The van der Waals surface area contributed by atoms with Gasteiger partial charge in [-0.05, 0) is 45.2 Å².